The van der Waals surface area contributed by atoms with E-state index in [1.807, 2.05) is 0 Å². The van der Waals surface area contributed by atoms with E-state index in [9.17, 15) is 13.2 Å². The maximum Gasteiger partial charge on any atom is 0.403 e. The molecular formula is C14H15F3N2O. The van der Waals surface area contributed by atoms with Crippen LogP contribution in [0.2, 0.25) is 0 Å². The molecule has 3 nitrogen and oxygen atoms in total. The Morgan fingerprint density at radius 1 is 1.30 bits per heavy atom. The van der Waals surface area contributed by atoms with Gasteiger partial charge in [0.05, 0.1) is 13.2 Å². The fraction of sp³-hybridized carbons (Fsp3) is 0.286. The van der Waals surface area contributed by atoms with Gasteiger partial charge in [0.25, 0.3) is 0 Å². The molecule has 1 aliphatic rings. The van der Waals surface area contributed by atoms with Crippen molar-refractivity contribution in [3.05, 3.63) is 53.8 Å². The van der Waals surface area contributed by atoms with Crippen LogP contribution < -0.4 is 16.2 Å². The monoisotopic (exact) mass is 284 g/mol. The summed E-state index contributed by atoms with van der Waals surface area (Å²) in [4.78, 5) is 0. The van der Waals surface area contributed by atoms with Crippen molar-refractivity contribution in [3.8, 4) is 5.75 Å². The van der Waals surface area contributed by atoms with Gasteiger partial charge in [-0.25, -0.2) is 0 Å². The van der Waals surface area contributed by atoms with Crippen LogP contribution in [0.5, 0.6) is 5.75 Å². The van der Waals surface area contributed by atoms with Gasteiger partial charge in [-0.2, -0.15) is 13.2 Å². The van der Waals surface area contributed by atoms with Crippen molar-refractivity contribution in [2.45, 2.75) is 17.6 Å². The minimum atomic E-state index is -4.58. The van der Waals surface area contributed by atoms with E-state index in [4.69, 9.17) is 16.2 Å². The van der Waals surface area contributed by atoms with Crippen molar-refractivity contribution in [3.63, 3.8) is 0 Å². The van der Waals surface area contributed by atoms with Gasteiger partial charge in [-0.15, -0.1) is 0 Å². The molecule has 0 saturated heterocycles. The van der Waals surface area contributed by atoms with E-state index in [0.29, 0.717) is 5.75 Å². The van der Waals surface area contributed by atoms with E-state index in [2.05, 4.69) is 0 Å². The first-order chi connectivity index (χ1) is 9.33. The Bertz CT molecular complexity index is 566. The van der Waals surface area contributed by atoms with Gasteiger partial charge in [0.2, 0.25) is 0 Å². The van der Waals surface area contributed by atoms with Crippen molar-refractivity contribution in [2.75, 3.05) is 7.11 Å². The standard InChI is InChI=1S/C14H15F3N2O/c1-20-10-5-2-4-9(8-10)13(14(15,16)17)7-3-6-11(18)12(13)19/h2-8,12H,18-19H2,1H3. The summed E-state index contributed by atoms with van der Waals surface area (Å²) in [5, 5.41) is 0. The molecule has 2 rings (SSSR count). The number of hydrogen-bond donors (Lipinski definition) is 2. The highest BCUT2D eigenvalue weighted by Gasteiger charge is 2.59. The molecule has 0 fully saturated rings. The van der Waals surface area contributed by atoms with Gasteiger partial charge in [0, 0.05) is 5.70 Å². The molecule has 0 aliphatic heterocycles. The van der Waals surface area contributed by atoms with Crippen molar-refractivity contribution in [2.24, 2.45) is 11.5 Å². The highest BCUT2D eigenvalue weighted by atomic mass is 19.4. The van der Waals surface area contributed by atoms with Crippen molar-refractivity contribution < 1.29 is 17.9 Å². The minimum Gasteiger partial charge on any atom is -0.497 e. The van der Waals surface area contributed by atoms with E-state index in [0.717, 1.165) is 6.08 Å². The lowest BCUT2D eigenvalue weighted by Crippen LogP contribution is -2.57. The summed E-state index contributed by atoms with van der Waals surface area (Å²) in [6.45, 7) is 0. The maximum atomic E-state index is 13.7. The number of ether oxygens (including phenoxy) is 1. The maximum absolute atomic E-state index is 13.7. The number of methoxy groups -OCH3 is 1. The molecule has 0 heterocycles. The van der Waals surface area contributed by atoms with Crippen molar-refractivity contribution in [1.82, 2.24) is 0 Å². The quantitative estimate of drug-likeness (QED) is 0.875. The molecule has 108 valence electrons. The summed E-state index contributed by atoms with van der Waals surface area (Å²) in [5.41, 5.74) is 9.02. The molecule has 2 atom stereocenters. The molecule has 0 aromatic heterocycles. The molecule has 0 bridgehead atoms. The van der Waals surface area contributed by atoms with E-state index in [-0.39, 0.29) is 11.3 Å². The smallest absolute Gasteiger partial charge is 0.403 e. The van der Waals surface area contributed by atoms with Crippen LogP contribution >= 0.6 is 0 Å². The molecule has 0 amide bonds. The molecule has 0 spiro atoms. The number of rotatable bonds is 2. The largest absolute Gasteiger partial charge is 0.497 e. The fourth-order valence-corrected chi connectivity index (χ4v) is 2.37. The minimum absolute atomic E-state index is 0.00384. The molecule has 0 radical (unpaired) electrons. The summed E-state index contributed by atoms with van der Waals surface area (Å²) in [6.07, 6.45) is -0.864. The number of halogens is 3. The van der Waals surface area contributed by atoms with E-state index >= 15 is 0 Å². The third-order valence-corrected chi connectivity index (χ3v) is 3.51. The highest BCUT2D eigenvalue weighted by molar-refractivity contribution is 5.46. The zero-order chi connectivity index (χ0) is 15.0. The molecule has 2 unspecified atom stereocenters. The van der Waals surface area contributed by atoms with Gasteiger partial charge in [-0.3, -0.25) is 0 Å². The van der Waals surface area contributed by atoms with Crippen LogP contribution in [0, 0.1) is 0 Å². The van der Waals surface area contributed by atoms with Crippen LogP contribution in [0.25, 0.3) is 0 Å². The molecule has 1 aromatic carbocycles. The molecule has 0 saturated carbocycles. The molecule has 4 N–H and O–H groups in total. The van der Waals surface area contributed by atoms with Crippen LogP contribution in [-0.2, 0) is 5.41 Å². The van der Waals surface area contributed by atoms with Gasteiger partial charge in [0.1, 0.15) is 11.2 Å². The third-order valence-electron chi connectivity index (χ3n) is 3.51. The Hall–Kier alpha value is -1.95. The molecule has 1 aromatic rings. The predicted molar refractivity (Wildman–Crippen MR) is 70.1 cm³/mol. The SMILES string of the molecule is COc1cccc(C2(C(F)(F)F)C=CC=C(N)C2N)c1. The highest BCUT2D eigenvalue weighted by Crippen LogP contribution is 2.47. The summed E-state index contributed by atoms with van der Waals surface area (Å²) in [7, 11) is 1.39. The Kier molecular flexibility index (Phi) is 3.52. The zero-order valence-corrected chi connectivity index (χ0v) is 10.8. The topological polar surface area (TPSA) is 61.3 Å². The second kappa shape index (κ2) is 4.86. The predicted octanol–water partition coefficient (Wildman–Crippen LogP) is 2.23. The Morgan fingerprint density at radius 3 is 2.60 bits per heavy atom. The molecule has 6 heteroatoms. The van der Waals surface area contributed by atoms with E-state index in [1.54, 1.807) is 6.07 Å². The summed E-state index contributed by atoms with van der Waals surface area (Å²) >= 11 is 0. The lowest BCUT2D eigenvalue weighted by atomic mass is 9.70. The van der Waals surface area contributed by atoms with E-state index < -0.39 is 17.6 Å². The van der Waals surface area contributed by atoms with Crippen LogP contribution in [-0.4, -0.2) is 19.3 Å². The normalized spacial score (nSPS) is 26.2. The van der Waals surface area contributed by atoms with Gasteiger partial charge in [-0.1, -0.05) is 24.3 Å². The molecule has 1 aliphatic carbocycles. The second-order valence-corrected chi connectivity index (χ2v) is 4.60. The lowest BCUT2D eigenvalue weighted by molar-refractivity contribution is -0.179. The Morgan fingerprint density at radius 2 is 2.00 bits per heavy atom. The number of alkyl halides is 3. The van der Waals surface area contributed by atoms with E-state index in [1.165, 1.54) is 37.5 Å². The van der Waals surface area contributed by atoms with Gasteiger partial charge in [0.15, 0.2) is 0 Å². The van der Waals surface area contributed by atoms with Crippen molar-refractivity contribution >= 4 is 0 Å². The van der Waals surface area contributed by atoms with Crippen LogP contribution in [0.4, 0.5) is 13.2 Å². The van der Waals surface area contributed by atoms with Gasteiger partial charge < -0.3 is 16.2 Å². The Balaban J connectivity index is 2.65. The van der Waals surface area contributed by atoms with Crippen molar-refractivity contribution in [1.29, 1.82) is 0 Å². The zero-order valence-electron chi connectivity index (χ0n) is 10.8. The van der Waals surface area contributed by atoms with Gasteiger partial charge in [-0.05, 0) is 23.8 Å². The number of allylic oxidation sites excluding steroid dienone is 2. The van der Waals surface area contributed by atoms with Gasteiger partial charge >= 0.3 is 6.18 Å². The van der Waals surface area contributed by atoms with Crippen LogP contribution in [0.3, 0.4) is 0 Å². The molecular weight excluding hydrogens is 269 g/mol. The third kappa shape index (κ3) is 2.06. The van der Waals surface area contributed by atoms with Crippen LogP contribution in [0.15, 0.2) is 48.2 Å². The first kappa shape index (κ1) is 14.5. The first-order valence-electron chi connectivity index (χ1n) is 5.94. The first-order valence-corrected chi connectivity index (χ1v) is 5.94. The number of nitrogens with two attached hydrogens (primary N) is 2. The fourth-order valence-electron chi connectivity index (χ4n) is 2.37. The summed E-state index contributed by atoms with van der Waals surface area (Å²) in [5.74, 6) is 0.333. The number of benzene rings is 1. The summed E-state index contributed by atoms with van der Waals surface area (Å²) in [6, 6.07) is 4.40. The average Bonchev–Trinajstić information content (AvgIpc) is 2.40. The van der Waals surface area contributed by atoms with Crippen LogP contribution in [0.1, 0.15) is 5.56 Å². The second-order valence-electron chi connectivity index (χ2n) is 4.60. The lowest BCUT2D eigenvalue weighted by Gasteiger charge is -2.40. The molecule has 20 heavy (non-hydrogen) atoms. The summed E-state index contributed by atoms with van der Waals surface area (Å²) < 4.78 is 46.0. The average molecular weight is 284 g/mol. The Labute approximate surface area is 114 Å². The number of hydrogen-bond acceptors (Lipinski definition) is 3.